The van der Waals surface area contributed by atoms with Gasteiger partial charge in [-0.3, -0.25) is 0 Å². The summed E-state index contributed by atoms with van der Waals surface area (Å²) in [6.07, 6.45) is 2.03. The Balaban J connectivity index is 2.23. The number of benzene rings is 1. The lowest BCUT2D eigenvalue weighted by Crippen LogP contribution is -2.31. The smallest absolute Gasteiger partial charge is 0.0986 e. The summed E-state index contributed by atoms with van der Waals surface area (Å²) in [6.45, 7) is 2.07. The standard InChI is InChI=1S/C12H16OS/c1-10-3-5-11(6-4-10)12(13)7-2-8-14-9-12/h3-6,13H,2,7-9H2,1H3/t12-/m0/s1. The number of aryl methyl sites for hydroxylation is 1. The van der Waals surface area contributed by atoms with Crippen LogP contribution >= 0.6 is 11.8 Å². The van der Waals surface area contributed by atoms with E-state index >= 15 is 0 Å². The molecule has 0 unspecified atom stereocenters. The minimum Gasteiger partial charge on any atom is -0.384 e. The molecule has 1 fully saturated rings. The average Bonchev–Trinajstić information content (AvgIpc) is 2.19. The zero-order valence-corrected chi connectivity index (χ0v) is 9.31. The van der Waals surface area contributed by atoms with E-state index in [0.29, 0.717) is 0 Å². The molecular formula is C12H16OS. The van der Waals surface area contributed by atoms with Crippen LogP contribution in [0, 0.1) is 6.92 Å². The summed E-state index contributed by atoms with van der Waals surface area (Å²) in [5.74, 6) is 2.03. The van der Waals surface area contributed by atoms with Gasteiger partial charge in [-0.05, 0) is 31.1 Å². The Morgan fingerprint density at radius 2 is 2.00 bits per heavy atom. The van der Waals surface area contributed by atoms with Crippen LogP contribution in [-0.4, -0.2) is 16.6 Å². The third-order valence-corrected chi connectivity index (χ3v) is 4.07. The van der Waals surface area contributed by atoms with E-state index in [1.807, 2.05) is 11.8 Å². The fourth-order valence-electron chi connectivity index (χ4n) is 1.87. The molecule has 1 atom stereocenters. The molecule has 1 aliphatic heterocycles. The van der Waals surface area contributed by atoms with Gasteiger partial charge in [0.25, 0.3) is 0 Å². The topological polar surface area (TPSA) is 20.2 Å². The molecule has 1 aromatic rings. The molecule has 1 aromatic carbocycles. The van der Waals surface area contributed by atoms with Crippen LogP contribution in [0.2, 0.25) is 0 Å². The highest BCUT2D eigenvalue weighted by atomic mass is 32.2. The Hall–Kier alpha value is -0.470. The van der Waals surface area contributed by atoms with Gasteiger partial charge in [-0.2, -0.15) is 11.8 Å². The summed E-state index contributed by atoms with van der Waals surface area (Å²) in [5, 5.41) is 10.4. The minimum absolute atomic E-state index is 0.573. The maximum absolute atomic E-state index is 10.4. The molecule has 1 heterocycles. The lowest BCUT2D eigenvalue weighted by atomic mass is 9.90. The fourth-order valence-corrected chi connectivity index (χ4v) is 3.01. The van der Waals surface area contributed by atoms with E-state index in [2.05, 4.69) is 31.2 Å². The molecule has 0 bridgehead atoms. The van der Waals surface area contributed by atoms with E-state index in [-0.39, 0.29) is 0 Å². The van der Waals surface area contributed by atoms with E-state index in [4.69, 9.17) is 0 Å². The summed E-state index contributed by atoms with van der Waals surface area (Å²) in [4.78, 5) is 0. The Morgan fingerprint density at radius 3 is 2.57 bits per heavy atom. The monoisotopic (exact) mass is 208 g/mol. The van der Waals surface area contributed by atoms with Crippen LogP contribution in [0.25, 0.3) is 0 Å². The lowest BCUT2D eigenvalue weighted by Gasteiger charge is -2.32. The van der Waals surface area contributed by atoms with Crippen LogP contribution in [0.15, 0.2) is 24.3 Å². The van der Waals surface area contributed by atoms with Gasteiger partial charge in [-0.1, -0.05) is 29.8 Å². The van der Waals surface area contributed by atoms with Crippen LogP contribution < -0.4 is 0 Å². The first-order chi connectivity index (χ1) is 6.71. The van der Waals surface area contributed by atoms with E-state index in [1.54, 1.807) is 0 Å². The SMILES string of the molecule is Cc1ccc([C@]2(O)CCCSC2)cc1. The fraction of sp³-hybridized carbons (Fsp3) is 0.500. The number of rotatable bonds is 1. The minimum atomic E-state index is -0.573. The predicted octanol–water partition coefficient (Wildman–Crippen LogP) is 2.71. The van der Waals surface area contributed by atoms with Gasteiger partial charge in [0.15, 0.2) is 0 Å². The van der Waals surface area contributed by atoms with Crippen molar-refractivity contribution in [2.24, 2.45) is 0 Å². The molecule has 1 N–H and O–H groups in total. The van der Waals surface area contributed by atoms with E-state index in [0.717, 1.165) is 24.2 Å². The highest BCUT2D eigenvalue weighted by Crippen LogP contribution is 2.35. The summed E-state index contributed by atoms with van der Waals surface area (Å²) in [5.41, 5.74) is 1.76. The van der Waals surface area contributed by atoms with Crippen molar-refractivity contribution in [1.82, 2.24) is 0 Å². The normalized spacial score (nSPS) is 27.6. The molecule has 0 spiro atoms. The summed E-state index contributed by atoms with van der Waals surface area (Å²) >= 11 is 1.85. The first-order valence-corrected chi connectivity index (χ1v) is 6.23. The second-order valence-electron chi connectivity index (χ2n) is 4.05. The van der Waals surface area contributed by atoms with E-state index in [1.165, 1.54) is 11.3 Å². The van der Waals surface area contributed by atoms with Gasteiger partial charge in [0.05, 0.1) is 5.60 Å². The lowest BCUT2D eigenvalue weighted by molar-refractivity contribution is 0.0495. The first-order valence-electron chi connectivity index (χ1n) is 5.08. The van der Waals surface area contributed by atoms with E-state index < -0.39 is 5.60 Å². The quantitative estimate of drug-likeness (QED) is 0.765. The zero-order chi connectivity index (χ0) is 10.0. The molecule has 0 aromatic heterocycles. The summed E-state index contributed by atoms with van der Waals surface area (Å²) in [7, 11) is 0. The Bertz CT molecular complexity index is 299. The number of hydrogen-bond acceptors (Lipinski definition) is 2. The van der Waals surface area contributed by atoms with Gasteiger partial charge in [0, 0.05) is 5.75 Å². The summed E-state index contributed by atoms with van der Waals surface area (Å²) in [6, 6.07) is 8.27. The molecular weight excluding hydrogens is 192 g/mol. The third-order valence-electron chi connectivity index (χ3n) is 2.81. The molecule has 0 saturated carbocycles. The molecule has 0 amide bonds. The van der Waals surface area contributed by atoms with Crippen molar-refractivity contribution in [1.29, 1.82) is 0 Å². The second kappa shape index (κ2) is 3.95. The molecule has 2 heteroatoms. The largest absolute Gasteiger partial charge is 0.384 e. The molecule has 1 nitrogen and oxygen atoms in total. The van der Waals surface area contributed by atoms with Gasteiger partial charge >= 0.3 is 0 Å². The number of thioether (sulfide) groups is 1. The van der Waals surface area contributed by atoms with Crippen LogP contribution in [0.3, 0.4) is 0 Å². The van der Waals surface area contributed by atoms with Crippen molar-refractivity contribution >= 4 is 11.8 Å². The molecule has 1 saturated heterocycles. The van der Waals surface area contributed by atoms with Gasteiger partial charge < -0.3 is 5.11 Å². The average molecular weight is 208 g/mol. The van der Waals surface area contributed by atoms with Crippen molar-refractivity contribution in [2.45, 2.75) is 25.4 Å². The van der Waals surface area contributed by atoms with Crippen molar-refractivity contribution in [2.75, 3.05) is 11.5 Å². The van der Waals surface area contributed by atoms with Gasteiger partial charge in [-0.25, -0.2) is 0 Å². The first kappa shape index (κ1) is 10.1. The van der Waals surface area contributed by atoms with E-state index in [9.17, 15) is 5.11 Å². The Kier molecular flexibility index (Phi) is 2.84. The maximum atomic E-state index is 10.4. The van der Waals surface area contributed by atoms with Gasteiger partial charge in [0.2, 0.25) is 0 Å². The van der Waals surface area contributed by atoms with Gasteiger partial charge in [-0.15, -0.1) is 0 Å². The zero-order valence-electron chi connectivity index (χ0n) is 8.49. The molecule has 2 rings (SSSR count). The predicted molar refractivity (Wildman–Crippen MR) is 61.6 cm³/mol. The van der Waals surface area contributed by atoms with Crippen LogP contribution in [-0.2, 0) is 5.60 Å². The molecule has 76 valence electrons. The van der Waals surface area contributed by atoms with Crippen LogP contribution in [0.5, 0.6) is 0 Å². The number of aliphatic hydroxyl groups is 1. The summed E-state index contributed by atoms with van der Waals surface area (Å²) < 4.78 is 0. The van der Waals surface area contributed by atoms with Crippen molar-refractivity contribution in [3.05, 3.63) is 35.4 Å². The molecule has 0 radical (unpaired) electrons. The van der Waals surface area contributed by atoms with Crippen molar-refractivity contribution in [3.63, 3.8) is 0 Å². The Morgan fingerprint density at radius 1 is 1.29 bits per heavy atom. The van der Waals surface area contributed by atoms with Gasteiger partial charge in [0.1, 0.15) is 0 Å². The molecule has 14 heavy (non-hydrogen) atoms. The third kappa shape index (κ3) is 1.96. The van der Waals surface area contributed by atoms with Crippen molar-refractivity contribution in [3.8, 4) is 0 Å². The highest BCUT2D eigenvalue weighted by Gasteiger charge is 2.31. The molecule has 0 aliphatic carbocycles. The van der Waals surface area contributed by atoms with Crippen molar-refractivity contribution < 1.29 is 5.11 Å². The van der Waals surface area contributed by atoms with Crippen LogP contribution in [0.4, 0.5) is 0 Å². The number of hydrogen-bond donors (Lipinski definition) is 1. The Labute approximate surface area is 89.5 Å². The van der Waals surface area contributed by atoms with Crippen LogP contribution in [0.1, 0.15) is 24.0 Å². The maximum Gasteiger partial charge on any atom is 0.0986 e. The highest BCUT2D eigenvalue weighted by molar-refractivity contribution is 7.99. The molecule has 1 aliphatic rings. The second-order valence-corrected chi connectivity index (χ2v) is 5.16.